The molecule has 0 aliphatic rings. The summed E-state index contributed by atoms with van der Waals surface area (Å²) in [7, 11) is -10.6. The summed E-state index contributed by atoms with van der Waals surface area (Å²) in [4.78, 5) is 55.9. The summed E-state index contributed by atoms with van der Waals surface area (Å²) in [5.41, 5.74) is 0.602. The molecule has 1 rings (SSSR count). The maximum atomic E-state index is 13.0. The van der Waals surface area contributed by atoms with Gasteiger partial charge in [0.05, 0.1) is 16.2 Å². The molecule has 0 aliphatic heterocycles. The molecule has 0 amide bonds. The van der Waals surface area contributed by atoms with Crippen LogP contribution in [0.3, 0.4) is 0 Å². The van der Waals surface area contributed by atoms with Gasteiger partial charge in [0.1, 0.15) is 5.75 Å². The smallest absolute Gasteiger partial charge is 0.372 e. The van der Waals surface area contributed by atoms with Crippen molar-refractivity contribution < 1.29 is 46.2 Å². The summed E-state index contributed by atoms with van der Waals surface area (Å²) < 4.78 is 44.7. The van der Waals surface area contributed by atoms with E-state index in [0.717, 1.165) is 30.7 Å². The summed E-state index contributed by atoms with van der Waals surface area (Å²) in [6.07, 6.45) is -0.558. The Bertz CT molecular complexity index is 1080. The van der Waals surface area contributed by atoms with Crippen molar-refractivity contribution in [3.05, 3.63) is 33.9 Å². The Morgan fingerprint density at radius 1 is 1.33 bits per heavy atom. The van der Waals surface area contributed by atoms with Gasteiger partial charge in [-0.25, -0.2) is 4.99 Å². The van der Waals surface area contributed by atoms with Crippen molar-refractivity contribution in [2.24, 2.45) is 4.99 Å². The first-order chi connectivity index (χ1) is 15.2. The molecule has 0 spiro atoms. The number of nitro groups is 1. The lowest BCUT2D eigenvalue weighted by Crippen LogP contribution is -2.39. The van der Waals surface area contributed by atoms with Crippen molar-refractivity contribution in [3.63, 3.8) is 0 Å². The van der Waals surface area contributed by atoms with E-state index in [9.17, 15) is 42.5 Å². The van der Waals surface area contributed by atoms with E-state index in [1.54, 1.807) is 6.92 Å². The molecule has 1 aromatic carbocycles. The first-order valence-electron chi connectivity index (χ1n) is 9.28. The van der Waals surface area contributed by atoms with Gasteiger partial charge in [-0.3, -0.25) is 24.3 Å². The molecule has 1 aromatic rings. The largest absolute Gasteiger partial charge is 0.458 e. The van der Waals surface area contributed by atoms with Crippen LogP contribution in [0.1, 0.15) is 32.8 Å². The van der Waals surface area contributed by atoms with Gasteiger partial charge < -0.3 is 18.7 Å². The molecular formula is C17H23N2O11PS2. The predicted octanol–water partition coefficient (Wildman–Crippen LogP) is 2.00. The number of esters is 1. The molecule has 13 nitrogen and oxygen atoms in total. The number of hydrogen-bond acceptors (Lipinski definition) is 11. The third kappa shape index (κ3) is 7.33. The lowest BCUT2D eigenvalue weighted by Gasteiger charge is -2.28. The minimum atomic E-state index is -5.49. The molecule has 184 valence electrons. The van der Waals surface area contributed by atoms with Crippen molar-refractivity contribution >= 4 is 52.5 Å². The molecular weight excluding hydrogens is 503 g/mol. The number of benzene rings is 1. The normalized spacial score (nSPS) is 14.0. The fraction of sp³-hybridized carbons (Fsp3) is 0.471. The molecule has 1 unspecified atom stereocenters. The number of aryl methyl sites for hydroxylation is 1. The number of nitrogens with zero attached hydrogens (tertiary/aromatic N) is 2. The van der Waals surface area contributed by atoms with Crippen LogP contribution in [-0.2, 0) is 35.4 Å². The Hall–Kier alpha value is -2.32. The number of Topliss-reactive ketones (excluding diaryl/α,β-unsaturated/α-hetero) is 1. The lowest BCUT2D eigenvalue weighted by molar-refractivity contribution is -0.384. The van der Waals surface area contributed by atoms with Crippen LogP contribution >= 0.6 is 19.4 Å². The van der Waals surface area contributed by atoms with Crippen molar-refractivity contribution in [1.82, 2.24) is 0 Å². The van der Waals surface area contributed by atoms with Crippen LogP contribution in [0.5, 0.6) is 5.75 Å². The summed E-state index contributed by atoms with van der Waals surface area (Å²) in [5, 5.41) is 10.9. The number of non-ortho nitro benzene ring substituents is 1. The Morgan fingerprint density at radius 2 is 1.97 bits per heavy atom. The number of aliphatic imine (C=N–C) groups is 1. The number of nitro benzene ring substituents is 1. The zero-order valence-corrected chi connectivity index (χ0v) is 20.4. The van der Waals surface area contributed by atoms with Crippen LogP contribution in [0.2, 0.25) is 0 Å². The van der Waals surface area contributed by atoms with Gasteiger partial charge in [0.15, 0.2) is 12.4 Å². The number of ketones is 1. The second-order valence-corrected chi connectivity index (χ2v) is 11.2. The van der Waals surface area contributed by atoms with Crippen molar-refractivity contribution in [2.75, 3.05) is 12.4 Å². The van der Waals surface area contributed by atoms with Crippen LogP contribution in [-0.4, -0.2) is 57.4 Å². The van der Waals surface area contributed by atoms with Gasteiger partial charge >= 0.3 is 23.7 Å². The Morgan fingerprint density at radius 3 is 2.45 bits per heavy atom. The predicted molar refractivity (Wildman–Crippen MR) is 120 cm³/mol. The molecule has 1 atom stereocenters. The number of ether oxygens (including phenoxy) is 1. The molecule has 16 heteroatoms. The van der Waals surface area contributed by atoms with Crippen LogP contribution < -0.4 is 4.18 Å². The minimum Gasteiger partial charge on any atom is -0.458 e. The molecule has 0 aromatic heterocycles. The van der Waals surface area contributed by atoms with Gasteiger partial charge in [-0.15, -0.1) is 11.8 Å². The van der Waals surface area contributed by atoms with Crippen LogP contribution in [0.25, 0.3) is 0 Å². The molecule has 0 saturated heterocycles. The van der Waals surface area contributed by atoms with Crippen LogP contribution in [0, 0.1) is 10.1 Å². The average Bonchev–Trinajstić information content (AvgIpc) is 2.71. The lowest BCUT2D eigenvalue weighted by atomic mass is 10.1. The highest BCUT2D eigenvalue weighted by atomic mass is 32.2. The highest BCUT2D eigenvalue weighted by molar-refractivity contribution is 8.12. The fourth-order valence-corrected chi connectivity index (χ4v) is 6.16. The maximum Gasteiger partial charge on any atom is 0.372 e. The maximum absolute atomic E-state index is 13.0. The van der Waals surface area contributed by atoms with Gasteiger partial charge in [0, 0.05) is 24.6 Å². The van der Waals surface area contributed by atoms with E-state index in [1.807, 2.05) is 0 Å². The van der Waals surface area contributed by atoms with E-state index in [-0.39, 0.29) is 29.2 Å². The van der Waals surface area contributed by atoms with Crippen LogP contribution in [0.4, 0.5) is 5.69 Å². The van der Waals surface area contributed by atoms with Gasteiger partial charge in [0.25, 0.3) is 10.3 Å². The molecule has 33 heavy (non-hydrogen) atoms. The Kier molecular flexibility index (Phi) is 10.2. The van der Waals surface area contributed by atoms with Gasteiger partial charge in [0.2, 0.25) is 0 Å². The van der Waals surface area contributed by atoms with E-state index in [4.69, 9.17) is 4.18 Å². The number of thioether (sulfide) groups is 1. The zero-order valence-electron chi connectivity index (χ0n) is 17.9. The Labute approximate surface area is 194 Å². The second kappa shape index (κ2) is 11.7. The highest BCUT2D eigenvalue weighted by Gasteiger charge is 2.58. The van der Waals surface area contributed by atoms with E-state index < -0.39 is 52.0 Å². The number of hydrogen-bond donors (Lipinski definition) is 2. The van der Waals surface area contributed by atoms with Gasteiger partial charge in [-0.1, -0.05) is 13.8 Å². The molecule has 0 heterocycles. The summed E-state index contributed by atoms with van der Waals surface area (Å²) in [6, 6.07) is 3.09. The summed E-state index contributed by atoms with van der Waals surface area (Å²) >= 11 is 0.636. The number of rotatable bonds is 13. The summed E-state index contributed by atoms with van der Waals surface area (Å²) in [5.74, 6) is -1.86. The van der Waals surface area contributed by atoms with E-state index in [0.29, 0.717) is 11.8 Å². The minimum absolute atomic E-state index is 0.123. The van der Waals surface area contributed by atoms with Crippen molar-refractivity contribution in [3.8, 4) is 5.75 Å². The number of carbonyl (C=O) groups excluding carboxylic acids is 2. The second-order valence-electron chi connectivity index (χ2n) is 6.45. The Balaban J connectivity index is 3.25. The average molecular weight is 526 g/mol. The quantitative estimate of drug-likeness (QED) is 0.0721. The third-order valence-corrected chi connectivity index (χ3v) is 9.22. The number of carbonyl (C=O) groups is 2. The van der Waals surface area contributed by atoms with E-state index in [2.05, 4.69) is 9.73 Å². The zero-order chi connectivity index (χ0) is 25.4. The molecule has 0 saturated carbocycles. The first kappa shape index (κ1) is 28.7. The summed E-state index contributed by atoms with van der Waals surface area (Å²) in [6.45, 7) is 3.34. The van der Waals surface area contributed by atoms with Crippen molar-refractivity contribution in [1.29, 1.82) is 0 Å². The molecule has 0 aliphatic carbocycles. The molecule has 0 bridgehead atoms. The fourth-order valence-electron chi connectivity index (χ4n) is 2.46. The molecule has 0 radical (unpaired) electrons. The van der Waals surface area contributed by atoms with Crippen LogP contribution in [0.15, 0.2) is 23.2 Å². The van der Waals surface area contributed by atoms with Gasteiger partial charge in [-0.05, 0) is 18.9 Å². The standard InChI is InChI=1S/C17H23N2O11PS2/c1-4-13-8-14(19(22)23)6-7-16(13)30-33(27,28)17(5-2,31(24,25)26)18-11-32-10-15(21)9-29-12(3)20/h6-8,11H,4-5,9-10H2,1-3H3,(H2,24,25,26). The molecule has 2 N–H and O–H groups in total. The van der Waals surface area contributed by atoms with Gasteiger partial charge in [-0.2, -0.15) is 8.42 Å². The van der Waals surface area contributed by atoms with Crippen molar-refractivity contribution in [2.45, 2.75) is 38.2 Å². The topological polar surface area (TPSA) is 200 Å². The monoisotopic (exact) mass is 526 g/mol. The third-order valence-electron chi connectivity index (χ3n) is 4.16. The SMILES string of the molecule is CCc1cc([N+](=O)[O-])ccc1OS(=O)(=O)C(CC)(N=CSCC(=O)COC(C)=O)P(=O)(O)O. The van der Waals surface area contributed by atoms with E-state index >= 15 is 0 Å². The molecule has 0 fully saturated rings. The van der Waals surface area contributed by atoms with E-state index in [1.165, 1.54) is 6.92 Å². The first-order valence-corrected chi connectivity index (χ1v) is 13.3. The highest BCUT2D eigenvalue weighted by Crippen LogP contribution is 2.57.